The van der Waals surface area contributed by atoms with Gasteiger partial charge in [-0.05, 0) is 55.2 Å². The van der Waals surface area contributed by atoms with Gasteiger partial charge < -0.3 is 20.3 Å². The van der Waals surface area contributed by atoms with Crippen LogP contribution in [0.4, 0.5) is 11.4 Å². The van der Waals surface area contributed by atoms with Crippen LogP contribution in [-0.4, -0.2) is 54.4 Å². The summed E-state index contributed by atoms with van der Waals surface area (Å²) in [4.78, 5) is 28.1. The molecule has 1 aliphatic carbocycles. The molecule has 8 heteroatoms. The van der Waals surface area contributed by atoms with Crippen molar-refractivity contribution < 1.29 is 14.3 Å². The van der Waals surface area contributed by atoms with Crippen molar-refractivity contribution in [2.75, 3.05) is 36.1 Å². The van der Waals surface area contributed by atoms with E-state index in [1.807, 2.05) is 42.5 Å². The Morgan fingerprint density at radius 2 is 1.91 bits per heavy atom. The number of morpholine rings is 1. The number of carbonyl (C=O) groups excluding carboxylic acids is 2. The van der Waals surface area contributed by atoms with E-state index in [2.05, 4.69) is 22.0 Å². The van der Waals surface area contributed by atoms with Gasteiger partial charge in [-0.2, -0.15) is 0 Å². The molecule has 3 aromatic rings. The highest BCUT2D eigenvalue weighted by Gasteiger charge is 2.32. The van der Waals surface area contributed by atoms with Gasteiger partial charge in [0.05, 0.1) is 17.8 Å². The van der Waals surface area contributed by atoms with Crippen molar-refractivity contribution in [3.05, 3.63) is 48.2 Å². The third-order valence-corrected chi connectivity index (χ3v) is 6.08. The molecule has 1 saturated carbocycles. The molecule has 2 heterocycles. The fourth-order valence-electron chi connectivity index (χ4n) is 4.34. The second kappa shape index (κ2) is 8.20. The molecule has 2 fully saturated rings. The van der Waals surface area contributed by atoms with Crippen LogP contribution in [0, 0.1) is 0 Å². The van der Waals surface area contributed by atoms with E-state index in [0.29, 0.717) is 24.7 Å². The predicted molar refractivity (Wildman–Crippen MR) is 123 cm³/mol. The summed E-state index contributed by atoms with van der Waals surface area (Å²) in [6, 6.07) is 14.3. The van der Waals surface area contributed by atoms with E-state index in [1.54, 1.807) is 4.90 Å². The van der Waals surface area contributed by atoms with Crippen LogP contribution >= 0.6 is 0 Å². The maximum absolute atomic E-state index is 12.1. The number of hydrogen-bond donors (Lipinski definition) is 1. The van der Waals surface area contributed by atoms with E-state index in [1.165, 1.54) is 0 Å². The standard InChI is InChI=1S/C24H25N5O3/c1-2-28(17-8-9-17)23-19-10-5-16(13-20(19)26-27-22(23)24(25)31)15-3-6-18(7-4-15)29-11-12-32-14-21(29)30/h3-7,10,13,17H,2,8-9,11-12,14H2,1H3,(H2,25,31). The van der Waals surface area contributed by atoms with Gasteiger partial charge in [-0.25, -0.2) is 0 Å². The smallest absolute Gasteiger partial charge is 0.271 e. The van der Waals surface area contributed by atoms with Gasteiger partial charge in [0.1, 0.15) is 6.61 Å². The van der Waals surface area contributed by atoms with Crippen LogP contribution in [0.1, 0.15) is 30.3 Å². The number of benzene rings is 2. The molecule has 0 bridgehead atoms. The summed E-state index contributed by atoms with van der Waals surface area (Å²) < 4.78 is 5.21. The lowest BCUT2D eigenvalue weighted by Crippen LogP contribution is -2.41. The summed E-state index contributed by atoms with van der Waals surface area (Å²) in [7, 11) is 0. The van der Waals surface area contributed by atoms with Crippen molar-refractivity contribution >= 4 is 34.1 Å². The maximum Gasteiger partial charge on any atom is 0.271 e. The van der Waals surface area contributed by atoms with Gasteiger partial charge >= 0.3 is 0 Å². The molecule has 0 radical (unpaired) electrons. The molecule has 2 aromatic carbocycles. The molecule has 2 aliphatic rings. The van der Waals surface area contributed by atoms with E-state index < -0.39 is 5.91 Å². The van der Waals surface area contributed by atoms with Gasteiger partial charge in [0.2, 0.25) is 0 Å². The van der Waals surface area contributed by atoms with Crippen molar-refractivity contribution in [3.8, 4) is 11.1 Å². The molecular formula is C24H25N5O3. The van der Waals surface area contributed by atoms with Crippen molar-refractivity contribution in [3.63, 3.8) is 0 Å². The number of ether oxygens (including phenoxy) is 1. The number of primary amides is 1. The molecule has 2 amide bonds. The minimum atomic E-state index is -0.564. The molecule has 0 atom stereocenters. The van der Waals surface area contributed by atoms with Gasteiger partial charge in [0, 0.05) is 30.2 Å². The van der Waals surface area contributed by atoms with Crippen LogP contribution in [0.2, 0.25) is 0 Å². The topological polar surface area (TPSA) is 102 Å². The number of anilines is 2. The Hall–Kier alpha value is -3.52. The van der Waals surface area contributed by atoms with Gasteiger partial charge in [0.25, 0.3) is 11.8 Å². The van der Waals surface area contributed by atoms with Crippen molar-refractivity contribution in [2.45, 2.75) is 25.8 Å². The zero-order chi connectivity index (χ0) is 22.2. The highest BCUT2D eigenvalue weighted by atomic mass is 16.5. The first-order chi connectivity index (χ1) is 15.6. The summed E-state index contributed by atoms with van der Waals surface area (Å²) in [6.45, 7) is 4.07. The van der Waals surface area contributed by atoms with Crippen LogP contribution < -0.4 is 15.5 Å². The summed E-state index contributed by atoms with van der Waals surface area (Å²) in [5, 5.41) is 9.36. The van der Waals surface area contributed by atoms with E-state index in [-0.39, 0.29) is 18.2 Å². The first-order valence-corrected chi connectivity index (χ1v) is 10.9. The monoisotopic (exact) mass is 431 g/mol. The molecule has 1 aromatic heterocycles. The molecular weight excluding hydrogens is 406 g/mol. The summed E-state index contributed by atoms with van der Waals surface area (Å²) in [5.41, 5.74) is 10.2. The minimum absolute atomic E-state index is 0.0288. The average Bonchev–Trinajstić information content (AvgIpc) is 3.65. The van der Waals surface area contributed by atoms with E-state index in [4.69, 9.17) is 10.5 Å². The van der Waals surface area contributed by atoms with Crippen LogP contribution in [0.25, 0.3) is 22.0 Å². The van der Waals surface area contributed by atoms with Gasteiger partial charge in [-0.1, -0.05) is 18.2 Å². The van der Waals surface area contributed by atoms with Crippen LogP contribution in [0.15, 0.2) is 42.5 Å². The van der Waals surface area contributed by atoms with Gasteiger partial charge in [0.15, 0.2) is 5.69 Å². The Morgan fingerprint density at radius 1 is 1.16 bits per heavy atom. The molecule has 32 heavy (non-hydrogen) atoms. The maximum atomic E-state index is 12.1. The van der Waals surface area contributed by atoms with Gasteiger partial charge in [-0.3, -0.25) is 9.59 Å². The molecule has 8 nitrogen and oxygen atoms in total. The summed E-state index contributed by atoms with van der Waals surface area (Å²) in [5.74, 6) is -0.593. The fraction of sp³-hybridized carbons (Fsp3) is 0.333. The Morgan fingerprint density at radius 3 is 2.56 bits per heavy atom. The minimum Gasteiger partial charge on any atom is -0.370 e. The summed E-state index contributed by atoms with van der Waals surface area (Å²) >= 11 is 0. The number of amides is 2. The highest BCUT2D eigenvalue weighted by molar-refractivity contribution is 6.06. The van der Waals surface area contributed by atoms with Crippen LogP contribution in [0.5, 0.6) is 0 Å². The first kappa shape index (κ1) is 20.4. The van der Waals surface area contributed by atoms with Crippen molar-refractivity contribution in [2.24, 2.45) is 5.73 Å². The first-order valence-electron chi connectivity index (χ1n) is 10.9. The quantitative estimate of drug-likeness (QED) is 0.644. The number of nitrogens with zero attached hydrogens (tertiary/aromatic N) is 4. The molecule has 164 valence electrons. The Kier molecular flexibility index (Phi) is 5.22. The number of hydrogen-bond acceptors (Lipinski definition) is 6. The Labute approximate surface area is 186 Å². The Balaban J connectivity index is 1.52. The molecule has 0 unspecified atom stereocenters. The second-order valence-electron chi connectivity index (χ2n) is 8.16. The third kappa shape index (κ3) is 3.67. The largest absolute Gasteiger partial charge is 0.370 e. The lowest BCUT2D eigenvalue weighted by Gasteiger charge is -2.27. The lowest BCUT2D eigenvalue weighted by atomic mass is 10.0. The number of carbonyl (C=O) groups is 2. The SMILES string of the molecule is CCN(c1c(C(N)=O)nnc2cc(-c3ccc(N4CCOCC4=O)cc3)ccc12)C1CC1. The summed E-state index contributed by atoms with van der Waals surface area (Å²) in [6.07, 6.45) is 2.21. The molecule has 0 spiro atoms. The Bertz CT molecular complexity index is 1190. The number of rotatable bonds is 6. The van der Waals surface area contributed by atoms with E-state index >= 15 is 0 Å². The normalized spacial score (nSPS) is 16.4. The predicted octanol–water partition coefficient (Wildman–Crippen LogP) is 2.75. The molecule has 1 saturated heterocycles. The number of aromatic nitrogens is 2. The molecule has 5 rings (SSSR count). The second-order valence-corrected chi connectivity index (χ2v) is 8.16. The van der Waals surface area contributed by atoms with Gasteiger partial charge in [-0.15, -0.1) is 10.2 Å². The third-order valence-electron chi connectivity index (χ3n) is 6.08. The van der Waals surface area contributed by atoms with Crippen molar-refractivity contribution in [1.29, 1.82) is 0 Å². The zero-order valence-electron chi connectivity index (χ0n) is 18.0. The van der Waals surface area contributed by atoms with E-state index in [0.717, 1.165) is 47.3 Å². The molecule has 2 N–H and O–H groups in total. The highest BCUT2D eigenvalue weighted by Crippen LogP contribution is 2.38. The fourth-order valence-corrected chi connectivity index (χ4v) is 4.34. The van der Waals surface area contributed by atoms with Crippen LogP contribution in [0.3, 0.4) is 0 Å². The van der Waals surface area contributed by atoms with E-state index in [9.17, 15) is 9.59 Å². The number of fused-ring (bicyclic) bond motifs is 1. The lowest BCUT2D eigenvalue weighted by molar-refractivity contribution is -0.125. The zero-order valence-corrected chi connectivity index (χ0v) is 18.0. The number of nitrogens with two attached hydrogens (primary N) is 1. The van der Waals surface area contributed by atoms with Crippen LogP contribution in [-0.2, 0) is 9.53 Å². The molecule has 1 aliphatic heterocycles. The van der Waals surface area contributed by atoms with Crippen molar-refractivity contribution in [1.82, 2.24) is 10.2 Å². The average molecular weight is 431 g/mol.